The second kappa shape index (κ2) is 5.18. The molecule has 0 aliphatic carbocycles. The first-order chi connectivity index (χ1) is 5.48. The molecule has 12 heavy (non-hydrogen) atoms. The number of rotatable bonds is 4. The first-order valence-electron chi connectivity index (χ1n) is 4.84. The van der Waals surface area contributed by atoms with Crippen molar-refractivity contribution < 1.29 is 0 Å². The minimum atomic E-state index is 0.225. The second-order valence-corrected chi connectivity index (χ2v) is 4.32. The Morgan fingerprint density at radius 2 is 1.92 bits per heavy atom. The van der Waals surface area contributed by atoms with Crippen molar-refractivity contribution in [3.8, 4) is 0 Å². The van der Waals surface area contributed by atoms with Crippen LogP contribution >= 0.6 is 0 Å². The summed E-state index contributed by atoms with van der Waals surface area (Å²) in [4.78, 5) is 0. The van der Waals surface area contributed by atoms with E-state index < -0.39 is 0 Å². The molecule has 0 spiro atoms. The highest BCUT2D eigenvalue weighted by atomic mass is 14.2. The average molecular weight is 166 g/mol. The van der Waals surface area contributed by atoms with Crippen LogP contribution in [-0.2, 0) is 0 Å². The number of allylic oxidation sites excluding steroid dienone is 3. The molecule has 70 valence electrons. The largest absolute Gasteiger partial charge is 0.0953 e. The fourth-order valence-electron chi connectivity index (χ4n) is 0.798. The maximum atomic E-state index is 4.04. The van der Waals surface area contributed by atoms with Gasteiger partial charge in [0.25, 0.3) is 0 Å². The molecule has 0 rings (SSSR count). The number of hydrogen-bond donors (Lipinski definition) is 0. The topological polar surface area (TPSA) is 0 Å². The lowest BCUT2D eigenvalue weighted by Gasteiger charge is -2.18. The van der Waals surface area contributed by atoms with Crippen LogP contribution in [0, 0.1) is 5.41 Å². The summed E-state index contributed by atoms with van der Waals surface area (Å²) in [6.45, 7) is 12.8. The Kier molecular flexibility index (Phi) is 4.96. The molecular formula is C12H22. The second-order valence-electron chi connectivity index (χ2n) is 4.32. The number of hydrogen-bond acceptors (Lipinski definition) is 0. The molecule has 0 aromatic heterocycles. The van der Waals surface area contributed by atoms with Crippen LogP contribution in [0.15, 0.2) is 24.3 Å². The Hall–Kier alpha value is -0.520. The maximum Gasteiger partial charge on any atom is -0.0138 e. The van der Waals surface area contributed by atoms with Crippen LogP contribution < -0.4 is 0 Å². The van der Waals surface area contributed by atoms with Crippen molar-refractivity contribution in [3.05, 3.63) is 24.3 Å². The third kappa shape index (κ3) is 5.17. The van der Waals surface area contributed by atoms with E-state index in [1.165, 1.54) is 24.8 Å². The summed E-state index contributed by atoms with van der Waals surface area (Å²) in [5, 5.41) is 0. The van der Waals surface area contributed by atoms with Crippen LogP contribution in [0.5, 0.6) is 0 Å². The van der Waals surface area contributed by atoms with Gasteiger partial charge in [0.2, 0.25) is 0 Å². The molecule has 0 N–H and O–H groups in total. The molecule has 0 unspecified atom stereocenters. The van der Waals surface area contributed by atoms with Gasteiger partial charge in [-0.15, -0.1) is 0 Å². The molecule has 0 bridgehead atoms. The molecule has 0 amide bonds. The molecule has 0 aliphatic heterocycles. The van der Waals surface area contributed by atoms with E-state index in [-0.39, 0.29) is 5.41 Å². The summed E-state index contributed by atoms with van der Waals surface area (Å²) in [5.74, 6) is 0. The molecular weight excluding hydrogens is 144 g/mol. The van der Waals surface area contributed by atoms with Crippen molar-refractivity contribution in [2.75, 3.05) is 0 Å². The fourth-order valence-corrected chi connectivity index (χ4v) is 0.798. The Balaban J connectivity index is 3.77. The lowest BCUT2D eigenvalue weighted by molar-refractivity contribution is 0.518. The molecule has 0 fully saturated rings. The van der Waals surface area contributed by atoms with Crippen LogP contribution in [-0.4, -0.2) is 0 Å². The highest BCUT2D eigenvalue weighted by Crippen LogP contribution is 2.24. The maximum absolute atomic E-state index is 4.04. The van der Waals surface area contributed by atoms with Gasteiger partial charge in [0.1, 0.15) is 0 Å². The normalized spacial score (nSPS) is 12.3. The van der Waals surface area contributed by atoms with Gasteiger partial charge in [0.05, 0.1) is 0 Å². The highest BCUT2D eigenvalue weighted by Gasteiger charge is 2.11. The molecule has 0 aromatic rings. The third-order valence-corrected chi connectivity index (χ3v) is 2.01. The van der Waals surface area contributed by atoms with Crippen LogP contribution in [0.2, 0.25) is 0 Å². The Morgan fingerprint density at radius 1 is 1.33 bits per heavy atom. The van der Waals surface area contributed by atoms with Crippen LogP contribution in [0.3, 0.4) is 0 Å². The van der Waals surface area contributed by atoms with E-state index in [1.807, 2.05) is 0 Å². The third-order valence-electron chi connectivity index (χ3n) is 2.01. The summed E-state index contributed by atoms with van der Waals surface area (Å²) in [6, 6.07) is 0. The van der Waals surface area contributed by atoms with E-state index in [9.17, 15) is 0 Å². The van der Waals surface area contributed by atoms with Crippen molar-refractivity contribution >= 4 is 0 Å². The lowest BCUT2D eigenvalue weighted by atomic mass is 9.87. The van der Waals surface area contributed by atoms with Gasteiger partial charge in [-0.3, -0.25) is 0 Å². The van der Waals surface area contributed by atoms with Gasteiger partial charge >= 0.3 is 0 Å². The Bertz CT molecular complexity index is 155. The molecule has 0 saturated heterocycles. The molecule has 0 nitrogen and oxygen atoms in total. The summed E-state index contributed by atoms with van der Waals surface area (Å²) in [6.07, 6.45) is 8.14. The highest BCUT2D eigenvalue weighted by molar-refractivity contribution is 5.20. The number of unbranched alkanes of at least 4 members (excludes halogenated alkanes) is 2. The van der Waals surface area contributed by atoms with Crippen molar-refractivity contribution in [2.45, 2.75) is 47.0 Å². The predicted octanol–water partition coefficient (Wildman–Crippen LogP) is 4.34. The minimum absolute atomic E-state index is 0.225. The van der Waals surface area contributed by atoms with Gasteiger partial charge in [-0.2, -0.15) is 0 Å². The van der Waals surface area contributed by atoms with Gasteiger partial charge in [0.15, 0.2) is 0 Å². The van der Waals surface area contributed by atoms with E-state index in [4.69, 9.17) is 0 Å². The van der Waals surface area contributed by atoms with Crippen LogP contribution in [0.4, 0.5) is 0 Å². The standard InChI is InChI=1S/C12H22/c1-6-7-8-9-10-11(2)12(3,4)5/h9-10H,2,6-8H2,1,3-5H3/b10-9-. The van der Waals surface area contributed by atoms with Gasteiger partial charge in [0, 0.05) is 0 Å². The zero-order valence-electron chi connectivity index (χ0n) is 8.98. The lowest BCUT2D eigenvalue weighted by Crippen LogP contribution is -2.05. The summed E-state index contributed by atoms with van der Waals surface area (Å²) >= 11 is 0. The van der Waals surface area contributed by atoms with E-state index in [0.717, 1.165) is 0 Å². The first-order valence-corrected chi connectivity index (χ1v) is 4.84. The van der Waals surface area contributed by atoms with E-state index in [0.29, 0.717) is 0 Å². The van der Waals surface area contributed by atoms with Crippen molar-refractivity contribution in [1.82, 2.24) is 0 Å². The fraction of sp³-hybridized carbons (Fsp3) is 0.667. The zero-order chi connectivity index (χ0) is 9.61. The predicted molar refractivity (Wildman–Crippen MR) is 57.3 cm³/mol. The molecule has 0 heterocycles. The van der Waals surface area contributed by atoms with E-state index in [1.54, 1.807) is 0 Å². The molecule has 0 aliphatic rings. The van der Waals surface area contributed by atoms with E-state index >= 15 is 0 Å². The van der Waals surface area contributed by atoms with Gasteiger partial charge in [-0.25, -0.2) is 0 Å². The van der Waals surface area contributed by atoms with Crippen LogP contribution in [0.25, 0.3) is 0 Å². The van der Waals surface area contributed by atoms with Crippen molar-refractivity contribution in [1.29, 1.82) is 0 Å². The zero-order valence-corrected chi connectivity index (χ0v) is 8.98. The van der Waals surface area contributed by atoms with Gasteiger partial charge < -0.3 is 0 Å². The quantitative estimate of drug-likeness (QED) is 0.430. The van der Waals surface area contributed by atoms with Crippen molar-refractivity contribution in [3.63, 3.8) is 0 Å². The minimum Gasteiger partial charge on any atom is -0.0953 e. The molecule has 0 radical (unpaired) electrons. The summed E-state index contributed by atoms with van der Waals surface area (Å²) < 4.78 is 0. The molecule has 0 saturated carbocycles. The van der Waals surface area contributed by atoms with Gasteiger partial charge in [-0.05, 0) is 11.8 Å². The molecule has 0 aromatic carbocycles. The smallest absolute Gasteiger partial charge is 0.0138 e. The first kappa shape index (κ1) is 11.5. The SMILES string of the molecule is C=C(/C=C\CCCC)C(C)(C)C. The Labute approximate surface area is 77.4 Å². The Morgan fingerprint density at radius 3 is 2.33 bits per heavy atom. The summed E-state index contributed by atoms with van der Waals surface area (Å²) in [5.41, 5.74) is 1.45. The van der Waals surface area contributed by atoms with Crippen LogP contribution in [0.1, 0.15) is 47.0 Å². The van der Waals surface area contributed by atoms with Gasteiger partial charge in [-0.1, -0.05) is 64.8 Å². The monoisotopic (exact) mass is 166 g/mol. The molecule has 0 atom stereocenters. The summed E-state index contributed by atoms with van der Waals surface area (Å²) in [7, 11) is 0. The molecule has 0 heteroatoms. The average Bonchev–Trinajstić information content (AvgIpc) is 1.96. The van der Waals surface area contributed by atoms with E-state index in [2.05, 4.69) is 46.4 Å². The van der Waals surface area contributed by atoms with Crippen molar-refractivity contribution in [2.24, 2.45) is 5.41 Å².